The van der Waals surface area contributed by atoms with Crippen molar-refractivity contribution in [2.45, 2.75) is 19.9 Å². The van der Waals surface area contributed by atoms with Gasteiger partial charge in [-0.05, 0) is 6.92 Å². The van der Waals surface area contributed by atoms with E-state index in [-0.39, 0.29) is 17.9 Å². The molecule has 1 amide bonds. The number of fused-ring (bicyclic) bond motifs is 1. The Hall–Kier alpha value is -3.26. The van der Waals surface area contributed by atoms with Gasteiger partial charge in [-0.1, -0.05) is 36.4 Å². The number of nitrogens with one attached hydrogen (secondary N) is 1. The second-order valence-corrected chi connectivity index (χ2v) is 6.30. The van der Waals surface area contributed by atoms with Gasteiger partial charge in [0, 0.05) is 37.0 Å². The lowest BCUT2D eigenvalue weighted by Gasteiger charge is -2.13. The Morgan fingerprint density at radius 2 is 2.07 bits per heavy atom. The van der Waals surface area contributed by atoms with E-state index in [1.807, 2.05) is 34.9 Å². The van der Waals surface area contributed by atoms with Crippen LogP contribution >= 0.6 is 0 Å². The topological polar surface area (TPSA) is 90.5 Å². The first-order chi connectivity index (χ1) is 13.6. The van der Waals surface area contributed by atoms with E-state index in [0.29, 0.717) is 42.6 Å². The molecule has 28 heavy (non-hydrogen) atoms. The fourth-order valence-electron chi connectivity index (χ4n) is 2.99. The highest BCUT2D eigenvalue weighted by molar-refractivity contribution is 5.78. The minimum atomic E-state index is -0.343. The van der Waals surface area contributed by atoms with Crippen LogP contribution in [0.15, 0.2) is 47.8 Å². The quantitative estimate of drug-likeness (QED) is 0.470. The third-order valence-electron chi connectivity index (χ3n) is 4.43. The number of benzene rings is 1. The average Bonchev–Trinajstić information content (AvgIpc) is 3.15. The Balaban J connectivity index is 2.08. The molecule has 0 saturated heterocycles. The largest absolute Gasteiger partial charge is 0.383 e. The average molecular weight is 381 g/mol. The van der Waals surface area contributed by atoms with Crippen LogP contribution in [0.25, 0.3) is 17.2 Å². The lowest BCUT2D eigenvalue weighted by molar-refractivity contribution is -0.120. The van der Waals surface area contributed by atoms with Gasteiger partial charge >= 0.3 is 0 Å². The van der Waals surface area contributed by atoms with Crippen LogP contribution in [-0.2, 0) is 22.5 Å². The summed E-state index contributed by atoms with van der Waals surface area (Å²) in [5.41, 5.74) is 1.52. The van der Waals surface area contributed by atoms with E-state index in [4.69, 9.17) is 4.74 Å². The molecule has 0 radical (unpaired) electrons. The van der Waals surface area contributed by atoms with Crippen molar-refractivity contribution in [3.05, 3.63) is 64.6 Å². The third kappa shape index (κ3) is 3.86. The molecule has 0 aliphatic carbocycles. The summed E-state index contributed by atoms with van der Waals surface area (Å²) >= 11 is 0. The molecule has 8 nitrogen and oxygen atoms in total. The van der Waals surface area contributed by atoms with E-state index in [9.17, 15) is 9.59 Å². The van der Waals surface area contributed by atoms with Crippen LogP contribution in [0.3, 0.4) is 0 Å². The second kappa shape index (κ2) is 8.62. The number of nitrogens with zero attached hydrogens (tertiary/aromatic N) is 4. The summed E-state index contributed by atoms with van der Waals surface area (Å²) in [6.07, 6.45) is 1.68. The maximum absolute atomic E-state index is 13.0. The van der Waals surface area contributed by atoms with E-state index in [1.54, 1.807) is 20.1 Å². The summed E-state index contributed by atoms with van der Waals surface area (Å²) in [5, 5.41) is 7.14. The van der Waals surface area contributed by atoms with Crippen molar-refractivity contribution < 1.29 is 9.53 Å². The number of hydrogen-bond acceptors (Lipinski definition) is 5. The molecule has 0 atom stereocenters. The van der Waals surface area contributed by atoms with Crippen LogP contribution in [-0.4, -0.2) is 45.3 Å². The summed E-state index contributed by atoms with van der Waals surface area (Å²) in [7, 11) is 1.56. The molecule has 3 rings (SSSR count). The van der Waals surface area contributed by atoms with Gasteiger partial charge in [-0.3, -0.25) is 9.59 Å². The van der Waals surface area contributed by atoms with E-state index in [1.165, 1.54) is 4.52 Å². The highest BCUT2D eigenvalue weighted by Gasteiger charge is 2.19. The zero-order valence-corrected chi connectivity index (χ0v) is 16.0. The fraction of sp³-hybridized carbons (Fsp3) is 0.300. The summed E-state index contributed by atoms with van der Waals surface area (Å²) in [6.45, 7) is 6.83. The molecule has 0 aliphatic rings. The number of allylic oxidation sites excluding steroid dienone is 1. The Morgan fingerprint density at radius 3 is 2.75 bits per heavy atom. The summed E-state index contributed by atoms with van der Waals surface area (Å²) < 4.78 is 8.03. The summed E-state index contributed by atoms with van der Waals surface area (Å²) in [4.78, 5) is 29.8. The van der Waals surface area contributed by atoms with Crippen molar-refractivity contribution in [3.8, 4) is 11.4 Å². The predicted octanol–water partition coefficient (Wildman–Crippen LogP) is 1.36. The number of carbonyl (C=O) groups excluding carboxylic acids is 1. The zero-order chi connectivity index (χ0) is 20.1. The van der Waals surface area contributed by atoms with Gasteiger partial charge in [0.15, 0.2) is 5.82 Å². The molecular weight excluding hydrogens is 358 g/mol. The molecule has 0 saturated carbocycles. The molecule has 3 aromatic rings. The van der Waals surface area contributed by atoms with Crippen LogP contribution in [0.5, 0.6) is 0 Å². The van der Waals surface area contributed by atoms with Gasteiger partial charge < -0.3 is 14.6 Å². The van der Waals surface area contributed by atoms with Crippen molar-refractivity contribution in [2.75, 3.05) is 20.3 Å². The Bertz CT molecular complexity index is 1050. The number of ether oxygens (including phenoxy) is 1. The van der Waals surface area contributed by atoms with Crippen molar-refractivity contribution in [3.63, 3.8) is 0 Å². The van der Waals surface area contributed by atoms with E-state index in [0.717, 1.165) is 5.56 Å². The van der Waals surface area contributed by atoms with Gasteiger partial charge in [-0.2, -0.15) is 9.50 Å². The van der Waals surface area contributed by atoms with Crippen LogP contribution in [0.1, 0.15) is 11.3 Å². The SMILES string of the molecule is C=CCn1c(C)c(CC(=O)NCCOC)c(=O)n2nc(-c3ccccc3)nc12. The number of amides is 1. The van der Waals surface area contributed by atoms with Crippen LogP contribution in [0.4, 0.5) is 0 Å². The molecule has 8 heteroatoms. The lowest BCUT2D eigenvalue weighted by Crippen LogP contribution is -2.33. The molecule has 146 valence electrons. The second-order valence-electron chi connectivity index (χ2n) is 6.30. The van der Waals surface area contributed by atoms with Crippen LogP contribution < -0.4 is 10.9 Å². The lowest BCUT2D eigenvalue weighted by atomic mass is 10.1. The molecule has 2 heterocycles. The summed E-state index contributed by atoms with van der Waals surface area (Å²) in [6, 6.07) is 9.44. The standard InChI is InChI=1S/C20H23N5O3/c1-4-11-24-14(2)16(13-17(26)21-10-12-28-3)19(27)25-20(24)22-18(23-25)15-8-6-5-7-9-15/h4-9H,1,10-13H2,2-3H3,(H,21,26). The Morgan fingerprint density at radius 1 is 1.32 bits per heavy atom. The van der Waals surface area contributed by atoms with Gasteiger partial charge in [-0.15, -0.1) is 11.7 Å². The summed E-state index contributed by atoms with van der Waals surface area (Å²) in [5.74, 6) is 0.631. The van der Waals surface area contributed by atoms with Gasteiger partial charge in [0.25, 0.3) is 5.56 Å². The molecule has 0 unspecified atom stereocenters. The van der Waals surface area contributed by atoms with Crippen molar-refractivity contribution in [1.82, 2.24) is 24.5 Å². The van der Waals surface area contributed by atoms with Crippen molar-refractivity contribution in [2.24, 2.45) is 0 Å². The highest BCUT2D eigenvalue weighted by atomic mass is 16.5. The first-order valence-corrected chi connectivity index (χ1v) is 8.97. The van der Waals surface area contributed by atoms with E-state index in [2.05, 4.69) is 22.0 Å². The van der Waals surface area contributed by atoms with E-state index >= 15 is 0 Å². The normalized spacial score (nSPS) is 10.9. The van der Waals surface area contributed by atoms with Crippen LogP contribution in [0, 0.1) is 6.92 Å². The van der Waals surface area contributed by atoms with Crippen molar-refractivity contribution >= 4 is 11.7 Å². The Kier molecular flexibility index (Phi) is 6.00. The van der Waals surface area contributed by atoms with E-state index < -0.39 is 0 Å². The highest BCUT2D eigenvalue weighted by Crippen LogP contribution is 2.17. The first kappa shape index (κ1) is 19.5. The van der Waals surface area contributed by atoms with Gasteiger partial charge in [-0.25, -0.2) is 0 Å². The molecule has 0 fully saturated rings. The maximum atomic E-state index is 13.0. The predicted molar refractivity (Wildman–Crippen MR) is 106 cm³/mol. The first-order valence-electron chi connectivity index (χ1n) is 8.97. The minimum absolute atomic E-state index is 0.0397. The number of methoxy groups -OCH3 is 1. The number of carbonyl (C=O) groups is 1. The zero-order valence-electron chi connectivity index (χ0n) is 16.0. The molecule has 1 N–H and O–H groups in total. The monoisotopic (exact) mass is 381 g/mol. The Labute approximate surface area is 162 Å². The number of aromatic nitrogens is 4. The van der Waals surface area contributed by atoms with Crippen molar-refractivity contribution in [1.29, 1.82) is 0 Å². The fourth-order valence-corrected chi connectivity index (χ4v) is 2.99. The molecule has 0 spiro atoms. The molecule has 1 aromatic carbocycles. The molecular formula is C20H23N5O3. The van der Waals surface area contributed by atoms with Gasteiger partial charge in [0.05, 0.1) is 13.0 Å². The third-order valence-corrected chi connectivity index (χ3v) is 4.43. The van der Waals surface area contributed by atoms with Gasteiger partial charge in [0.2, 0.25) is 11.7 Å². The number of hydrogen-bond donors (Lipinski definition) is 1. The smallest absolute Gasteiger partial charge is 0.279 e. The van der Waals surface area contributed by atoms with Crippen LogP contribution in [0.2, 0.25) is 0 Å². The van der Waals surface area contributed by atoms with Gasteiger partial charge in [0.1, 0.15) is 0 Å². The molecule has 2 aromatic heterocycles. The molecule has 0 bridgehead atoms. The molecule has 0 aliphatic heterocycles. The minimum Gasteiger partial charge on any atom is -0.383 e. The number of rotatable bonds is 8. The maximum Gasteiger partial charge on any atom is 0.279 e.